The highest BCUT2D eigenvalue weighted by molar-refractivity contribution is 5.80. The Morgan fingerprint density at radius 1 is 1.56 bits per heavy atom. The summed E-state index contributed by atoms with van der Waals surface area (Å²) in [4.78, 5) is 0. The summed E-state index contributed by atoms with van der Waals surface area (Å²) in [6.45, 7) is 5.12. The third-order valence-electron chi connectivity index (χ3n) is 2.67. The van der Waals surface area contributed by atoms with Gasteiger partial charge >= 0.3 is 0 Å². The van der Waals surface area contributed by atoms with Gasteiger partial charge in [0, 0.05) is 0 Å². The van der Waals surface area contributed by atoms with Gasteiger partial charge in [0.25, 0.3) is 0 Å². The van der Waals surface area contributed by atoms with E-state index in [-0.39, 0.29) is 12.1 Å². The van der Waals surface area contributed by atoms with Crippen LogP contribution in [0.5, 0.6) is 0 Å². The molecule has 1 heterocycles. The van der Waals surface area contributed by atoms with Gasteiger partial charge in [-0.25, -0.2) is 4.39 Å². The van der Waals surface area contributed by atoms with Crippen LogP contribution in [-0.4, -0.2) is 17.3 Å². The molecular weight excluding hydrogens is 235 g/mol. The van der Waals surface area contributed by atoms with Crippen LogP contribution in [0.25, 0.3) is 0 Å². The van der Waals surface area contributed by atoms with E-state index in [0.717, 1.165) is 0 Å². The number of β-amino-alcohol motifs (C(OH)–C–C–N with tert-alkyl or cyclic N) is 1. The second-order valence-corrected chi connectivity index (χ2v) is 5.03. The molecule has 96 valence electrons. The Balaban J connectivity index is 2.50. The van der Waals surface area contributed by atoms with Gasteiger partial charge in [0.15, 0.2) is 0 Å². The summed E-state index contributed by atoms with van der Waals surface area (Å²) in [5.74, 6) is -0.525. The van der Waals surface area contributed by atoms with Gasteiger partial charge in [-0.15, -0.1) is 5.53 Å². The second kappa shape index (κ2) is 4.12. The second-order valence-electron chi connectivity index (χ2n) is 5.03. The standard InChI is InChI=1S/C12H15FN4O/c1-7-4-9-11(8(5-14)10(7)13)17(16-15-9)6-12(2,3)18/h4,15-16,18H,6H2,1-3H3. The van der Waals surface area contributed by atoms with Crippen LogP contribution >= 0.6 is 0 Å². The van der Waals surface area contributed by atoms with E-state index in [1.54, 1.807) is 26.8 Å². The van der Waals surface area contributed by atoms with Crippen molar-refractivity contribution in [1.82, 2.24) is 5.53 Å². The smallest absolute Gasteiger partial charge is 0.146 e. The van der Waals surface area contributed by atoms with E-state index in [1.807, 2.05) is 6.07 Å². The van der Waals surface area contributed by atoms with Crippen molar-refractivity contribution in [2.45, 2.75) is 26.4 Å². The fourth-order valence-electron chi connectivity index (χ4n) is 1.95. The van der Waals surface area contributed by atoms with Gasteiger partial charge < -0.3 is 10.5 Å². The molecule has 0 bridgehead atoms. The Kier molecular flexibility index (Phi) is 2.89. The Morgan fingerprint density at radius 3 is 2.78 bits per heavy atom. The molecule has 0 saturated carbocycles. The van der Waals surface area contributed by atoms with Crippen LogP contribution in [0.4, 0.5) is 15.8 Å². The largest absolute Gasteiger partial charge is 0.389 e. The van der Waals surface area contributed by atoms with Gasteiger partial charge in [0.2, 0.25) is 0 Å². The zero-order valence-electron chi connectivity index (χ0n) is 10.5. The number of fused-ring (bicyclic) bond motifs is 1. The summed E-state index contributed by atoms with van der Waals surface area (Å²) in [5.41, 5.74) is 6.16. The predicted octanol–water partition coefficient (Wildman–Crippen LogP) is 1.43. The SMILES string of the molecule is Cc1cc2c(c(C#N)c1F)N(CC(C)(C)O)NN2. The maximum atomic E-state index is 13.9. The molecule has 18 heavy (non-hydrogen) atoms. The van der Waals surface area contributed by atoms with E-state index in [4.69, 9.17) is 5.26 Å². The monoisotopic (exact) mass is 250 g/mol. The lowest BCUT2D eigenvalue weighted by Gasteiger charge is -2.26. The van der Waals surface area contributed by atoms with Gasteiger partial charge in [-0.2, -0.15) is 5.26 Å². The molecule has 0 saturated heterocycles. The molecule has 0 aromatic heterocycles. The van der Waals surface area contributed by atoms with E-state index in [2.05, 4.69) is 11.0 Å². The van der Waals surface area contributed by atoms with Crippen LogP contribution in [0, 0.1) is 24.1 Å². The first kappa shape index (κ1) is 12.6. The number of halogens is 1. The summed E-state index contributed by atoms with van der Waals surface area (Å²) in [6.07, 6.45) is 0. The number of benzene rings is 1. The summed E-state index contributed by atoms with van der Waals surface area (Å²) in [7, 11) is 0. The maximum absolute atomic E-state index is 13.9. The van der Waals surface area contributed by atoms with Crippen molar-refractivity contribution >= 4 is 11.4 Å². The van der Waals surface area contributed by atoms with Crippen molar-refractivity contribution in [2.24, 2.45) is 0 Å². The number of hydrazine groups is 2. The lowest BCUT2D eigenvalue weighted by atomic mass is 10.1. The Labute approximate surface area is 105 Å². The number of anilines is 2. The topological polar surface area (TPSA) is 71.3 Å². The van der Waals surface area contributed by atoms with Crippen LogP contribution in [0.2, 0.25) is 0 Å². The first-order valence-electron chi connectivity index (χ1n) is 5.58. The third-order valence-corrected chi connectivity index (χ3v) is 2.67. The fourth-order valence-corrected chi connectivity index (χ4v) is 1.95. The lowest BCUT2D eigenvalue weighted by Crippen LogP contribution is -2.45. The molecule has 0 amide bonds. The summed E-state index contributed by atoms with van der Waals surface area (Å²) in [6, 6.07) is 3.50. The predicted molar refractivity (Wildman–Crippen MR) is 66.3 cm³/mol. The normalized spacial score (nSPS) is 14.1. The molecule has 0 atom stereocenters. The molecular formula is C12H15FN4O. The third kappa shape index (κ3) is 2.10. The van der Waals surface area contributed by atoms with Crippen molar-refractivity contribution in [3.63, 3.8) is 0 Å². The van der Waals surface area contributed by atoms with Crippen molar-refractivity contribution < 1.29 is 9.50 Å². The molecule has 0 unspecified atom stereocenters. The molecule has 5 nitrogen and oxygen atoms in total. The van der Waals surface area contributed by atoms with Crippen molar-refractivity contribution in [3.05, 3.63) is 23.0 Å². The van der Waals surface area contributed by atoms with Crippen molar-refractivity contribution in [2.75, 3.05) is 17.0 Å². The fraction of sp³-hybridized carbons (Fsp3) is 0.417. The molecule has 0 fully saturated rings. The summed E-state index contributed by atoms with van der Waals surface area (Å²) in [5, 5.41) is 20.4. The van der Waals surface area contributed by atoms with Crippen LogP contribution in [0.3, 0.4) is 0 Å². The summed E-state index contributed by atoms with van der Waals surface area (Å²) >= 11 is 0. The highest BCUT2D eigenvalue weighted by Crippen LogP contribution is 2.36. The van der Waals surface area contributed by atoms with E-state index >= 15 is 0 Å². The lowest BCUT2D eigenvalue weighted by molar-refractivity contribution is 0.0857. The van der Waals surface area contributed by atoms with E-state index < -0.39 is 11.4 Å². The molecule has 1 aromatic rings. The van der Waals surface area contributed by atoms with Crippen molar-refractivity contribution in [3.8, 4) is 6.07 Å². The Morgan fingerprint density at radius 2 is 2.22 bits per heavy atom. The molecule has 6 heteroatoms. The highest BCUT2D eigenvalue weighted by Gasteiger charge is 2.29. The number of hydrogen-bond donors (Lipinski definition) is 3. The first-order chi connectivity index (χ1) is 8.33. The van der Waals surface area contributed by atoms with Gasteiger partial charge in [-0.3, -0.25) is 5.01 Å². The number of nitriles is 1. The molecule has 2 rings (SSSR count). The molecule has 1 aliphatic heterocycles. The highest BCUT2D eigenvalue weighted by atomic mass is 19.1. The quantitative estimate of drug-likeness (QED) is 0.740. The molecule has 1 aromatic carbocycles. The first-order valence-corrected chi connectivity index (χ1v) is 5.58. The molecule has 1 aliphatic rings. The number of nitrogens with one attached hydrogen (secondary N) is 2. The van der Waals surface area contributed by atoms with Crippen LogP contribution in [0.15, 0.2) is 6.07 Å². The minimum Gasteiger partial charge on any atom is -0.389 e. The van der Waals surface area contributed by atoms with Gasteiger partial charge in [0.05, 0.1) is 23.5 Å². The Hall–Kier alpha value is -1.84. The van der Waals surface area contributed by atoms with Gasteiger partial charge in [-0.05, 0) is 32.4 Å². The van der Waals surface area contributed by atoms with Gasteiger partial charge in [-0.1, -0.05) is 0 Å². The number of rotatable bonds is 2. The molecule has 3 N–H and O–H groups in total. The number of hydrogen-bond acceptors (Lipinski definition) is 5. The zero-order chi connectivity index (χ0) is 13.5. The molecule has 0 radical (unpaired) electrons. The number of nitrogens with zero attached hydrogens (tertiary/aromatic N) is 2. The van der Waals surface area contributed by atoms with Crippen LogP contribution in [0.1, 0.15) is 25.0 Å². The molecule has 0 spiro atoms. The van der Waals surface area contributed by atoms with Crippen LogP contribution < -0.4 is 16.0 Å². The summed E-state index contributed by atoms with van der Waals surface area (Å²) < 4.78 is 13.9. The number of aryl methyl sites for hydroxylation is 1. The molecule has 0 aliphatic carbocycles. The van der Waals surface area contributed by atoms with E-state index in [0.29, 0.717) is 16.9 Å². The number of aliphatic hydroxyl groups is 1. The van der Waals surface area contributed by atoms with E-state index in [1.165, 1.54) is 5.01 Å². The zero-order valence-corrected chi connectivity index (χ0v) is 10.5. The minimum absolute atomic E-state index is 0.0215. The minimum atomic E-state index is -0.968. The maximum Gasteiger partial charge on any atom is 0.146 e. The van der Waals surface area contributed by atoms with Crippen molar-refractivity contribution in [1.29, 1.82) is 5.26 Å². The average molecular weight is 250 g/mol. The van der Waals surface area contributed by atoms with Crippen LogP contribution in [-0.2, 0) is 0 Å². The van der Waals surface area contributed by atoms with E-state index in [9.17, 15) is 9.50 Å². The van der Waals surface area contributed by atoms with Gasteiger partial charge in [0.1, 0.15) is 17.4 Å². The average Bonchev–Trinajstić information content (AvgIpc) is 2.61. The Bertz CT molecular complexity index is 530.